The van der Waals surface area contributed by atoms with Crippen molar-refractivity contribution in [2.45, 2.75) is 104 Å². The van der Waals surface area contributed by atoms with E-state index in [4.69, 9.17) is 10.2 Å². The lowest BCUT2D eigenvalue weighted by Gasteiger charge is -2.25. The molecule has 6 nitrogen and oxygen atoms in total. The van der Waals surface area contributed by atoms with Crippen molar-refractivity contribution in [3.8, 4) is 0 Å². The summed E-state index contributed by atoms with van der Waals surface area (Å²) in [7, 11) is 0. The van der Waals surface area contributed by atoms with Crippen molar-refractivity contribution in [2.75, 3.05) is 28.0 Å². The Bertz CT molecular complexity index is 1870. The molecule has 5 aromatic carbocycles. The van der Waals surface area contributed by atoms with E-state index in [0.717, 1.165) is 71.8 Å². The van der Waals surface area contributed by atoms with Crippen LogP contribution in [0.2, 0.25) is 0 Å². The van der Waals surface area contributed by atoms with Crippen molar-refractivity contribution in [1.29, 1.82) is 0 Å². The molecule has 0 aliphatic carbocycles. The second kappa shape index (κ2) is 24.9. The highest BCUT2D eigenvalue weighted by molar-refractivity contribution is 5.85. The predicted octanol–water partition coefficient (Wildman–Crippen LogP) is 14.2. The third-order valence-electron chi connectivity index (χ3n) is 10.3. The molecule has 5 rings (SSSR count). The zero-order valence-electron chi connectivity index (χ0n) is 34.4. The van der Waals surface area contributed by atoms with Crippen LogP contribution in [0, 0.1) is 0 Å². The summed E-state index contributed by atoms with van der Waals surface area (Å²) < 4.78 is 0. The average molecular weight is 762 g/mol. The molecule has 0 bridgehead atoms. The van der Waals surface area contributed by atoms with Crippen LogP contribution in [0.3, 0.4) is 0 Å². The minimum Gasteiger partial charge on any atom is -0.311 e. The normalized spacial score (nSPS) is 11.3. The predicted molar refractivity (Wildman–Crippen MR) is 245 cm³/mol. The molecule has 0 saturated heterocycles. The molecule has 0 aliphatic heterocycles. The monoisotopic (exact) mass is 762 g/mol. The molecular formula is C51H63N5O. The van der Waals surface area contributed by atoms with E-state index in [2.05, 4.69) is 138 Å². The van der Waals surface area contributed by atoms with E-state index in [1.54, 1.807) is 0 Å². The maximum atomic E-state index is 11.3. The topological polar surface area (TPSA) is 51.5 Å². The van der Waals surface area contributed by atoms with E-state index in [1.165, 1.54) is 77.0 Å². The Kier molecular flexibility index (Phi) is 18.6. The summed E-state index contributed by atoms with van der Waals surface area (Å²) in [5, 5.41) is 14.1. The van der Waals surface area contributed by atoms with Crippen molar-refractivity contribution >= 4 is 47.2 Å². The van der Waals surface area contributed by atoms with Gasteiger partial charge in [0.05, 0.1) is 23.8 Å². The standard InChI is InChI=1S/C51H63N5O/c1-3-5-7-9-11-13-21-39-54(47-23-17-15-18-24-47)52-41-44-27-35-50(36-28-44)56(49-25-19-16-20-26-49)51-37-29-45(30-38-51)42-53-55(40-22-14-12-10-8-6-4-2)48-33-31-46(43-57)32-34-48/h15-20,23-38,41-43H,3-14,21-22,39-40H2,1-2H3. The highest BCUT2D eigenvalue weighted by Crippen LogP contribution is 2.34. The second-order valence-corrected chi connectivity index (χ2v) is 14.9. The summed E-state index contributed by atoms with van der Waals surface area (Å²) in [5.74, 6) is 0. The number of rotatable bonds is 26. The highest BCUT2D eigenvalue weighted by atomic mass is 16.1. The number of hydrogen-bond donors (Lipinski definition) is 0. The molecule has 0 amide bonds. The van der Waals surface area contributed by atoms with Gasteiger partial charge in [0.25, 0.3) is 0 Å². The van der Waals surface area contributed by atoms with E-state index in [1.807, 2.05) is 36.7 Å². The first-order chi connectivity index (χ1) is 28.2. The molecule has 0 atom stereocenters. The van der Waals surface area contributed by atoms with Crippen LogP contribution >= 0.6 is 0 Å². The Morgan fingerprint density at radius 1 is 0.386 bits per heavy atom. The third kappa shape index (κ3) is 14.5. The quantitative estimate of drug-likeness (QED) is 0.0244. The largest absolute Gasteiger partial charge is 0.311 e. The molecule has 5 aromatic rings. The molecule has 298 valence electrons. The summed E-state index contributed by atoms with van der Waals surface area (Å²) in [5.41, 5.74) is 8.08. The molecule has 6 heteroatoms. The molecule has 0 aromatic heterocycles. The van der Waals surface area contributed by atoms with Crippen molar-refractivity contribution in [3.05, 3.63) is 150 Å². The van der Waals surface area contributed by atoms with Crippen molar-refractivity contribution in [3.63, 3.8) is 0 Å². The van der Waals surface area contributed by atoms with Crippen molar-refractivity contribution in [1.82, 2.24) is 0 Å². The molecule has 0 saturated carbocycles. The second-order valence-electron chi connectivity index (χ2n) is 14.9. The first-order valence-corrected chi connectivity index (χ1v) is 21.5. The first kappa shape index (κ1) is 42.6. The van der Waals surface area contributed by atoms with Gasteiger partial charge in [-0.1, -0.05) is 152 Å². The Hall–Kier alpha value is -5.49. The summed E-state index contributed by atoms with van der Waals surface area (Å²) in [6, 6.07) is 45.9. The lowest BCUT2D eigenvalue weighted by Crippen LogP contribution is -2.18. The van der Waals surface area contributed by atoms with E-state index < -0.39 is 0 Å². The summed E-state index contributed by atoms with van der Waals surface area (Å²) in [6.07, 6.45) is 22.4. The fourth-order valence-corrected chi connectivity index (χ4v) is 6.99. The van der Waals surface area contributed by atoms with Crippen LogP contribution < -0.4 is 14.9 Å². The maximum Gasteiger partial charge on any atom is 0.150 e. The lowest BCUT2D eigenvalue weighted by atomic mass is 10.1. The van der Waals surface area contributed by atoms with Gasteiger partial charge in [0.1, 0.15) is 6.29 Å². The van der Waals surface area contributed by atoms with Crippen LogP contribution in [0.5, 0.6) is 0 Å². The number of carbonyl (C=O) groups excluding carboxylic acids is 1. The molecule has 0 aliphatic rings. The smallest absolute Gasteiger partial charge is 0.150 e. The fourth-order valence-electron chi connectivity index (χ4n) is 6.99. The van der Waals surface area contributed by atoms with Crippen molar-refractivity contribution in [2.24, 2.45) is 10.2 Å². The Balaban J connectivity index is 1.28. The van der Waals surface area contributed by atoms with Crippen LogP contribution in [0.15, 0.2) is 144 Å². The number of carbonyl (C=O) groups is 1. The van der Waals surface area contributed by atoms with E-state index in [-0.39, 0.29) is 0 Å². The molecule has 0 fully saturated rings. The van der Waals surface area contributed by atoms with Crippen LogP contribution in [0.1, 0.15) is 125 Å². The molecule has 0 spiro atoms. The van der Waals surface area contributed by atoms with Gasteiger partial charge in [0.15, 0.2) is 0 Å². The number of benzene rings is 5. The zero-order valence-corrected chi connectivity index (χ0v) is 34.4. The number of hydrogen-bond acceptors (Lipinski definition) is 6. The zero-order chi connectivity index (χ0) is 39.8. The van der Waals surface area contributed by atoms with Gasteiger partial charge >= 0.3 is 0 Å². The molecule has 0 N–H and O–H groups in total. The minimum atomic E-state index is 0.670. The van der Waals surface area contributed by atoms with Crippen LogP contribution in [0.4, 0.5) is 28.4 Å². The third-order valence-corrected chi connectivity index (χ3v) is 10.3. The Morgan fingerprint density at radius 2 is 0.719 bits per heavy atom. The van der Waals surface area contributed by atoms with Gasteiger partial charge in [-0.15, -0.1) is 0 Å². The number of hydrazone groups is 2. The molecule has 57 heavy (non-hydrogen) atoms. The molecule has 0 radical (unpaired) electrons. The maximum absolute atomic E-state index is 11.3. The van der Waals surface area contributed by atoms with Gasteiger partial charge in [-0.2, -0.15) is 10.2 Å². The van der Waals surface area contributed by atoms with Gasteiger partial charge < -0.3 is 4.90 Å². The van der Waals surface area contributed by atoms with E-state index in [0.29, 0.717) is 5.56 Å². The number of para-hydroxylation sites is 2. The number of nitrogens with zero attached hydrogens (tertiary/aromatic N) is 5. The molecular weight excluding hydrogens is 699 g/mol. The lowest BCUT2D eigenvalue weighted by molar-refractivity contribution is 0.112. The van der Waals surface area contributed by atoms with Crippen LogP contribution in [-0.4, -0.2) is 31.8 Å². The van der Waals surface area contributed by atoms with Gasteiger partial charge in [-0.05, 0) is 96.8 Å². The highest BCUT2D eigenvalue weighted by Gasteiger charge is 2.13. The Labute approximate surface area is 342 Å². The van der Waals surface area contributed by atoms with Gasteiger partial charge in [-0.3, -0.25) is 14.8 Å². The minimum absolute atomic E-state index is 0.670. The number of unbranched alkanes of at least 4 members (excludes halogenated alkanes) is 12. The number of anilines is 5. The van der Waals surface area contributed by atoms with Crippen LogP contribution in [-0.2, 0) is 0 Å². The van der Waals surface area contributed by atoms with E-state index in [9.17, 15) is 4.79 Å². The summed E-state index contributed by atoms with van der Waals surface area (Å²) in [4.78, 5) is 13.6. The van der Waals surface area contributed by atoms with Gasteiger partial charge in [0.2, 0.25) is 0 Å². The Morgan fingerprint density at radius 3 is 1.14 bits per heavy atom. The average Bonchev–Trinajstić information content (AvgIpc) is 3.27. The summed E-state index contributed by atoms with van der Waals surface area (Å²) in [6.45, 7) is 6.26. The van der Waals surface area contributed by atoms with E-state index >= 15 is 0 Å². The molecule has 0 unspecified atom stereocenters. The van der Waals surface area contributed by atoms with Gasteiger partial charge in [-0.25, -0.2) is 0 Å². The number of aldehydes is 1. The summed E-state index contributed by atoms with van der Waals surface area (Å²) >= 11 is 0. The van der Waals surface area contributed by atoms with Crippen molar-refractivity contribution < 1.29 is 4.79 Å². The first-order valence-electron chi connectivity index (χ1n) is 21.5. The van der Waals surface area contributed by atoms with Crippen LogP contribution in [0.25, 0.3) is 0 Å². The van der Waals surface area contributed by atoms with Gasteiger partial charge in [0, 0.05) is 35.7 Å². The SMILES string of the molecule is CCCCCCCCCN(N=Cc1ccc(N(c2ccccc2)c2ccc(C=NN(CCCCCCCCC)c3ccc(C=O)cc3)cc2)cc1)c1ccccc1. The molecule has 0 heterocycles. The fraction of sp³-hybridized carbons (Fsp3) is 0.353.